The Labute approximate surface area is 152 Å². The van der Waals surface area contributed by atoms with Gasteiger partial charge in [0.2, 0.25) is 5.91 Å². The highest BCUT2D eigenvalue weighted by Crippen LogP contribution is 2.19. The lowest BCUT2D eigenvalue weighted by Crippen LogP contribution is -2.15. The summed E-state index contributed by atoms with van der Waals surface area (Å²) in [6, 6.07) is 19.8. The highest BCUT2D eigenvalue weighted by molar-refractivity contribution is 5.91. The van der Waals surface area contributed by atoms with Gasteiger partial charge in [-0.25, -0.2) is 9.37 Å². The van der Waals surface area contributed by atoms with Crippen molar-refractivity contribution in [1.29, 1.82) is 0 Å². The number of aromatic nitrogens is 1. The van der Waals surface area contributed by atoms with Gasteiger partial charge in [0, 0.05) is 6.04 Å². The lowest BCUT2D eigenvalue weighted by Gasteiger charge is -2.15. The number of hydrogen-bond donors (Lipinski definition) is 2. The molecule has 0 saturated carbocycles. The fourth-order valence-corrected chi connectivity index (χ4v) is 2.60. The van der Waals surface area contributed by atoms with Crippen LogP contribution in [0.2, 0.25) is 0 Å². The maximum Gasteiger partial charge on any atom is 0.229 e. The Hall–Kier alpha value is -3.21. The lowest BCUT2D eigenvalue weighted by molar-refractivity contribution is -0.115. The third kappa shape index (κ3) is 4.89. The Balaban J connectivity index is 1.55. The molecule has 26 heavy (non-hydrogen) atoms. The van der Waals surface area contributed by atoms with E-state index in [2.05, 4.69) is 34.7 Å². The molecule has 1 atom stereocenters. The van der Waals surface area contributed by atoms with Crippen molar-refractivity contribution in [3.8, 4) is 0 Å². The number of anilines is 2. The Morgan fingerprint density at radius 1 is 1.04 bits per heavy atom. The maximum atomic E-state index is 12.9. The van der Waals surface area contributed by atoms with Crippen molar-refractivity contribution in [3.05, 3.63) is 89.9 Å². The molecule has 0 saturated heterocycles. The van der Waals surface area contributed by atoms with Crippen molar-refractivity contribution in [2.24, 2.45) is 0 Å². The van der Waals surface area contributed by atoms with Crippen LogP contribution in [0.3, 0.4) is 0 Å². The monoisotopic (exact) mass is 349 g/mol. The molecule has 3 aromatic rings. The molecule has 0 aliphatic rings. The van der Waals surface area contributed by atoms with Crippen LogP contribution in [0.1, 0.15) is 24.1 Å². The van der Waals surface area contributed by atoms with E-state index in [1.807, 2.05) is 24.3 Å². The van der Waals surface area contributed by atoms with Gasteiger partial charge < -0.3 is 10.6 Å². The average Bonchev–Trinajstić information content (AvgIpc) is 2.66. The predicted molar refractivity (Wildman–Crippen MR) is 101 cm³/mol. The molecule has 0 aliphatic heterocycles. The summed E-state index contributed by atoms with van der Waals surface area (Å²) in [6.07, 6.45) is 1.86. The fraction of sp³-hybridized carbons (Fsp3) is 0.143. The molecule has 1 unspecified atom stereocenters. The number of pyridine rings is 1. The largest absolute Gasteiger partial charge is 0.377 e. The van der Waals surface area contributed by atoms with Gasteiger partial charge in [-0.1, -0.05) is 42.5 Å². The van der Waals surface area contributed by atoms with E-state index in [0.29, 0.717) is 5.82 Å². The molecule has 3 rings (SSSR count). The summed E-state index contributed by atoms with van der Waals surface area (Å²) in [5.41, 5.74) is 2.81. The normalized spacial score (nSPS) is 11.6. The molecule has 5 heteroatoms. The van der Waals surface area contributed by atoms with Crippen molar-refractivity contribution in [2.45, 2.75) is 19.4 Å². The number of carbonyl (C=O) groups is 1. The first-order chi connectivity index (χ1) is 12.6. The second kappa shape index (κ2) is 8.25. The molecular formula is C21H20FN3O. The van der Waals surface area contributed by atoms with Crippen molar-refractivity contribution in [1.82, 2.24) is 4.98 Å². The van der Waals surface area contributed by atoms with Crippen molar-refractivity contribution in [3.63, 3.8) is 0 Å². The van der Waals surface area contributed by atoms with E-state index < -0.39 is 0 Å². The summed E-state index contributed by atoms with van der Waals surface area (Å²) in [7, 11) is 0. The van der Waals surface area contributed by atoms with E-state index in [4.69, 9.17) is 0 Å². The van der Waals surface area contributed by atoms with Crippen LogP contribution >= 0.6 is 0 Å². The van der Waals surface area contributed by atoms with Crippen LogP contribution in [-0.2, 0) is 11.2 Å². The van der Waals surface area contributed by atoms with Gasteiger partial charge in [-0.15, -0.1) is 0 Å². The van der Waals surface area contributed by atoms with Crippen LogP contribution in [0.25, 0.3) is 0 Å². The van der Waals surface area contributed by atoms with Gasteiger partial charge in [-0.3, -0.25) is 4.79 Å². The Kier molecular flexibility index (Phi) is 5.59. The zero-order valence-corrected chi connectivity index (χ0v) is 14.4. The molecule has 1 heterocycles. The number of rotatable bonds is 6. The van der Waals surface area contributed by atoms with Gasteiger partial charge in [0.25, 0.3) is 0 Å². The van der Waals surface area contributed by atoms with Crippen LogP contribution in [0.4, 0.5) is 15.9 Å². The first-order valence-corrected chi connectivity index (χ1v) is 8.42. The maximum absolute atomic E-state index is 12.9. The van der Waals surface area contributed by atoms with E-state index in [0.717, 1.165) is 11.3 Å². The SMILES string of the molecule is CC(Nc1ccc(NC(=O)Cc2ccc(F)cc2)nc1)c1ccccc1. The number of amides is 1. The van der Waals surface area contributed by atoms with Gasteiger partial charge >= 0.3 is 0 Å². The Bertz CT molecular complexity index is 849. The van der Waals surface area contributed by atoms with Crippen LogP contribution in [0.15, 0.2) is 72.9 Å². The van der Waals surface area contributed by atoms with Gasteiger partial charge in [0.05, 0.1) is 18.3 Å². The number of halogens is 1. The van der Waals surface area contributed by atoms with E-state index in [9.17, 15) is 9.18 Å². The van der Waals surface area contributed by atoms with Gasteiger partial charge in [-0.05, 0) is 42.3 Å². The van der Waals surface area contributed by atoms with Crippen LogP contribution in [0, 0.1) is 5.82 Å². The number of carbonyl (C=O) groups excluding carboxylic acids is 1. The average molecular weight is 349 g/mol. The number of nitrogens with zero attached hydrogens (tertiary/aromatic N) is 1. The molecule has 0 bridgehead atoms. The minimum Gasteiger partial charge on any atom is -0.377 e. The van der Waals surface area contributed by atoms with Gasteiger partial charge in [0.1, 0.15) is 11.6 Å². The van der Waals surface area contributed by atoms with Crippen molar-refractivity contribution >= 4 is 17.4 Å². The number of nitrogens with one attached hydrogen (secondary N) is 2. The molecule has 0 aliphatic carbocycles. The zero-order valence-electron chi connectivity index (χ0n) is 14.4. The fourth-order valence-electron chi connectivity index (χ4n) is 2.60. The van der Waals surface area contributed by atoms with Crippen LogP contribution < -0.4 is 10.6 Å². The third-order valence-corrected chi connectivity index (χ3v) is 3.99. The first kappa shape index (κ1) is 17.6. The predicted octanol–water partition coefficient (Wildman–Crippen LogP) is 4.58. The number of hydrogen-bond acceptors (Lipinski definition) is 3. The van der Waals surface area contributed by atoms with Crippen LogP contribution in [-0.4, -0.2) is 10.9 Å². The molecule has 2 N–H and O–H groups in total. The minimum absolute atomic E-state index is 0.150. The number of benzene rings is 2. The second-order valence-electron chi connectivity index (χ2n) is 6.06. The lowest BCUT2D eigenvalue weighted by atomic mass is 10.1. The smallest absolute Gasteiger partial charge is 0.229 e. The van der Waals surface area contributed by atoms with Crippen molar-refractivity contribution < 1.29 is 9.18 Å². The third-order valence-electron chi connectivity index (χ3n) is 3.99. The summed E-state index contributed by atoms with van der Waals surface area (Å²) >= 11 is 0. The molecular weight excluding hydrogens is 329 g/mol. The molecule has 1 aromatic heterocycles. The van der Waals surface area contributed by atoms with Gasteiger partial charge in [-0.2, -0.15) is 0 Å². The minimum atomic E-state index is -0.316. The Morgan fingerprint density at radius 2 is 1.77 bits per heavy atom. The first-order valence-electron chi connectivity index (χ1n) is 8.42. The van der Waals surface area contributed by atoms with Gasteiger partial charge in [0.15, 0.2) is 0 Å². The molecule has 1 amide bonds. The van der Waals surface area contributed by atoms with E-state index >= 15 is 0 Å². The molecule has 2 aromatic carbocycles. The molecule has 0 spiro atoms. The van der Waals surface area contributed by atoms with E-state index in [1.54, 1.807) is 24.4 Å². The molecule has 0 fully saturated rings. The van der Waals surface area contributed by atoms with Crippen molar-refractivity contribution in [2.75, 3.05) is 10.6 Å². The van der Waals surface area contributed by atoms with E-state index in [1.165, 1.54) is 17.7 Å². The summed E-state index contributed by atoms with van der Waals surface area (Å²) < 4.78 is 12.9. The zero-order chi connectivity index (χ0) is 18.4. The summed E-state index contributed by atoms with van der Waals surface area (Å²) in [4.78, 5) is 16.3. The molecule has 132 valence electrons. The summed E-state index contributed by atoms with van der Waals surface area (Å²) in [6.45, 7) is 2.08. The van der Waals surface area contributed by atoms with E-state index in [-0.39, 0.29) is 24.2 Å². The molecule has 4 nitrogen and oxygen atoms in total. The summed E-state index contributed by atoms with van der Waals surface area (Å²) in [5, 5.41) is 6.12. The second-order valence-corrected chi connectivity index (χ2v) is 6.06. The highest BCUT2D eigenvalue weighted by Gasteiger charge is 2.07. The standard InChI is InChI=1S/C21H20FN3O/c1-15(17-5-3-2-4-6-17)24-19-11-12-20(23-14-19)25-21(26)13-16-7-9-18(22)10-8-16/h2-12,14-15,24H,13H2,1H3,(H,23,25,26). The molecule has 0 radical (unpaired) electrons. The summed E-state index contributed by atoms with van der Waals surface area (Å²) in [5.74, 6) is -0.0267. The topological polar surface area (TPSA) is 54.0 Å². The van der Waals surface area contributed by atoms with Crippen LogP contribution in [0.5, 0.6) is 0 Å². The highest BCUT2D eigenvalue weighted by atomic mass is 19.1. The Morgan fingerprint density at radius 3 is 2.42 bits per heavy atom. The quantitative estimate of drug-likeness (QED) is 0.685.